The van der Waals surface area contributed by atoms with Crippen LogP contribution >= 0.6 is 0 Å². The average molecular weight is 479 g/mol. The number of likely N-dealkylation sites (tertiary alicyclic amines) is 1. The van der Waals surface area contributed by atoms with E-state index in [-0.39, 0.29) is 23.9 Å². The fourth-order valence-electron chi connectivity index (χ4n) is 4.95. The summed E-state index contributed by atoms with van der Waals surface area (Å²) in [6.07, 6.45) is 2.82. The number of hydrogen-bond donors (Lipinski definition) is 1. The Kier molecular flexibility index (Phi) is 8.77. The van der Waals surface area contributed by atoms with Crippen molar-refractivity contribution in [2.75, 3.05) is 46.3 Å². The second-order valence-electron chi connectivity index (χ2n) is 9.83. The van der Waals surface area contributed by atoms with E-state index in [1.54, 1.807) is 0 Å². The van der Waals surface area contributed by atoms with Crippen LogP contribution in [-0.4, -0.2) is 84.9 Å². The molecular formula is C28H38N4O3. The van der Waals surface area contributed by atoms with Crippen molar-refractivity contribution in [2.45, 2.75) is 44.9 Å². The first kappa shape index (κ1) is 25.2. The van der Waals surface area contributed by atoms with Crippen molar-refractivity contribution in [3.63, 3.8) is 0 Å². The molecule has 2 unspecified atom stereocenters. The monoisotopic (exact) mass is 478 g/mol. The van der Waals surface area contributed by atoms with Crippen molar-refractivity contribution in [1.29, 1.82) is 0 Å². The van der Waals surface area contributed by atoms with Crippen molar-refractivity contribution < 1.29 is 14.3 Å². The van der Waals surface area contributed by atoms with Gasteiger partial charge in [-0.3, -0.25) is 19.4 Å². The zero-order chi connectivity index (χ0) is 24.6. The van der Waals surface area contributed by atoms with E-state index in [1.165, 1.54) is 0 Å². The van der Waals surface area contributed by atoms with Gasteiger partial charge in [0.05, 0.1) is 12.6 Å². The van der Waals surface area contributed by atoms with E-state index >= 15 is 0 Å². The van der Waals surface area contributed by atoms with Crippen molar-refractivity contribution in [3.8, 4) is 5.75 Å². The molecule has 1 N–H and O–H groups in total. The SMILES string of the molecule is CC(Cc1ccc(OCc2ccccc2)cc1)NC(=O)CN1CCN(C(=O)C2CCCN2C)CC1. The third-order valence-corrected chi connectivity index (χ3v) is 6.98. The molecule has 4 rings (SSSR count). The van der Waals surface area contributed by atoms with Crippen LogP contribution in [-0.2, 0) is 22.6 Å². The molecule has 0 aromatic heterocycles. The molecule has 2 fully saturated rings. The maximum absolute atomic E-state index is 12.8. The average Bonchev–Trinajstić information content (AvgIpc) is 3.30. The molecule has 35 heavy (non-hydrogen) atoms. The van der Waals surface area contributed by atoms with E-state index in [1.807, 2.05) is 61.3 Å². The summed E-state index contributed by atoms with van der Waals surface area (Å²) in [6.45, 7) is 6.85. The van der Waals surface area contributed by atoms with Gasteiger partial charge < -0.3 is 15.0 Å². The topological polar surface area (TPSA) is 65.1 Å². The Balaban J connectivity index is 1.15. The number of piperazine rings is 1. The lowest BCUT2D eigenvalue weighted by molar-refractivity contribution is -0.137. The van der Waals surface area contributed by atoms with Crippen molar-refractivity contribution in [2.24, 2.45) is 0 Å². The van der Waals surface area contributed by atoms with Gasteiger partial charge in [0.1, 0.15) is 12.4 Å². The molecule has 2 amide bonds. The van der Waals surface area contributed by atoms with Gasteiger partial charge in [0.2, 0.25) is 11.8 Å². The van der Waals surface area contributed by atoms with E-state index in [2.05, 4.69) is 27.2 Å². The van der Waals surface area contributed by atoms with E-state index in [0.717, 1.165) is 55.8 Å². The molecule has 2 heterocycles. The molecular weight excluding hydrogens is 440 g/mol. The predicted molar refractivity (Wildman–Crippen MR) is 137 cm³/mol. The Morgan fingerprint density at radius 1 is 0.971 bits per heavy atom. The summed E-state index contributed by atoms with van der Waals surface area (Å²) in [7, 11) is 2.03. The van der Waals surface area contributed by atoms with Crippen LogP contribution in [0.25, 0.3) is 0 Å². The second-order valence-corrected chi connectivity index (χ2v) is 9.83. The first-order valence-electron chi connectivity index (χ1n) is 12.7. The lowest BCUT2D eigenvalue weighted by Gasteiger charge is -2.36. The largest absolute Gasteiger partial charge is 0.489 e. The van der Waals surface area contributed by atoms with Gasteiger partial charge in [-0.2, -0.15) is 0 Å². The van der Waals surface area contributed by atoms with Crippen molar-refractivity contribution >= 4 is 11.8 Å². The number of nitrogens with zero attached hydrogens (tertiary/aromatic N) is 3. The molecule has 2 atom stereocenters. The third-order valence-electron chi connectivity index (χ3n) is 6.98. The van der Waals surface area contributed by atoms with Gasteiger partial charge in [-0.1, -0.05) is 42.5 Å². The molecule has 0 saturated carbocycles. The van der Waals surface area contributed by atoms with Crippen LogP contribution in [0.4, 0.5) is 0 Å². The van der Waals surface area contributed by atoms with Gasteiger partial charge in [-0.25, -0.2) is 0 Å². The number of hydrogen-bond acceptors (Lipinski definition) is 5. The van der Waals surface area contributed by atoms with Crippen LogP contribution in [0.15, 0.2) is 54.6 Å². The fraction of sp³-hybridized carbons (Fsp3) is 0.500. The number of rotatable bonds is 9. The molecule has 7 heteroatoms. The highest BCUT2D eigenvalue weighted by atomic mass is 16.5. The molecule has 2 aliphatic rings. The van der Waals surface area contributed by atoms with Gasteiger partial charge >= 0.3 is 0 Å². The van der Waals surface area contributed by atoms with Crippen LogP contribution < -0.4 is 10.1 Å². The molecule has 0 spiro atoms. The van der Waals surface area contributed by atoms with Gasteiger partial charge in [0.25, 0.3) is 0 Å². The Hall–Kier alpha value is -2.90. The zero-order valence-corrected chi connectivity index (χ0v) is 21.0. The molecule has 0 bridgehead atoms. The van der Waals surface area contributed by atoms with E-state index in [9.17, 15) is 9.59 Å². The summed E-state index contributed by atoms with van der Waals surface area (Å²) in [5.74, 6) is 1.13. The predicted octanol–water partition coefficient (Wildman–Crippen LogP) is 2.55. The number of amides is 2. The number of benzene rings is 2. The maximum Gasteiger partial charge on any atom is 0.240 e. The third kappa shape index (κ3) is 7.29. The minimum absolute atomic E-state index is 0.0372. The highest BCUT2D eigenvalue weighted by Crippen LogP contribution is 2.18. The number of nitrogens with one attached hydrogen (secondary N) is 1. The number of carbonyl (C=O) groups excluding carboxylic acids is 2. The standard InChI is InChI=1S/C28H38N4O3/c1-22(19-23-10-12-25(13-11-23)35-21-24-7-4-3-5-8-24)29-27(33)20-31-15-17-32(18-16-31)28(34)26-9-6-14-30(26)2/h3-5,7-8,10-13,22,26H,6,9,14-21H2,1-2H3,(H,29,33). The van der Waals surface area contributed by atoms with E-state index in [4.69, 9.17) is 4.74 Å². The molecule has 7 nitrogen and oxygen atoms in total. The summed E-state index contributed by atoms with van der Waals surface area (Å²) in [5, 5.41) is 3.12. The van der Waals surface area contributed by atoms with Gasteiger partial charge in [0, 0.05) is 32.2 Å². The Labute approximate surface area is 209 Å². The summed E-state index contributed by atoms with van der Waals surface area (Å²) < 4.78 is 5.86. The summed E-state index contributed by atoms with van der Waals surface area (Å²) in [6, 6.07) is 18.3. The highest BCUT2D eigenvalue weighted by Gasteiger charge is 2.33. The Morgan fingerprint density at radius 2 is 1.69 bits per heavy atom. The Morgan fingerprint density at radius 3 is 2.34 bits per heavy atom. The number of ether oxygens (including phenoxy) is 1. The van der Waals surface area contributed by atoms with Crippen LogP contribution in [0, 0.1) is 0 Å². The second kappa shape index (κ2) is 12.2. The smallest absolute Gasteiger partial charge is 0.240 e. The van der Waals surface area contributed by atoms with Crippen LogP contribution in [0.2, 0.25) is 0 Å². The quantitative estimate of drug-likeness (QED) is 0.600. The van der Waals surface area contributed by atoms with Gasteiger partial charge in [-0.15, -0.1) is 0 Å². The summed E-state index contributed by atoms with van der Waals surface area (Å²) in [5.41, 5.74) is 2.30. The lowest BCUT2D eigenvalue weighted by Crippen LogP contribution is -2.54. The molecule has 2 saturated heterocycles. The lowest BCUT2D eigenvalue weighted by atomic mass is 10.1. The first-order chi connectivity index (χ1) is 17.0. The number of likely N-dealkylation sites (N-methyl/N-ethyl adjacent to an activating group) is 1. The van der Waals surface area contributed by atoms with E-state index < -0.39 is 0 Å². The minimum atomic E-state index is 0.0372. The normalized spacial score (nSPS) is 19.9. The Bertz CT molecular complexity index is 958. The van der Waals surface area contributed by atoms with Crippen molar-refractivity contribution in [1.82, 2.24) is 20.0 Å². The highest BCUT2D eigenvalue weighted by molar-refractivity contribution is 5.82. The first-order valence-corrected chi connectivity index (χ1v) is 12.7. The van der Waals surface area contributed by atoms with Gasteiger partial charge in [0.15, 0.2) is 0 Å². The summed E-state index contributed by atoms with van der Waals surface area (Å²) in [4.78, 5) is 31.6. The van der Waals surface area contributed by atoms with Gasteiger partial charge in [-0.05, 0) is 63.0 Å². The maximum atomic E-state index is 12.8. The number of carbonyl (C=O) groups is 2. The van der Waals surface area contributed by atoms with Crippen LogP contribution in [0.5, 0.6) is 5.75 Å². The molecule has 2 aromatic carbocycles. The van der Waals surface area contributed by atoms with E-state index in [0.29, 0.717) is 26.2 Å². The fourth-order valence-corrected chi connectivity index (χ4v) is 4.95. The summed E-state index contributed by atoms with van der Waals surface area (Å²) >= 11 is 0. The van der Waals surface area contributed by atoms with Crippen molar-refractivity contribution in [3.05, 3.63) is 65.7 Å². The minimum Gasteiger partial charge on any atom is -0.489 e. The van der Waals surface area contributed by atoms with Crippen LogP contribution in [0.3, 0.4) is 0 Å². The molecule has 0 radical (unpaired) electrons. The molecule has 188 valence electrons. The molecule has 2 aliphatic heterocycles. The van der Waals surface area contributed by atoms with Crippen LogP contribution in [0.1, 0.15) is 30.9 Å². The zero-order valence-electron chi connectivity index (χ0n) is 21.0. The molecule has 2 aromatic rings. The molecule has 0 aliphatic carbocycles.